The molecule has 0 aliphatic rings. The molecule has 3 aromatic rings. The number of hydrogen-bond acceptors (Lipinski definition) is 5. The van der Waals surface area contributed by atoms with Crippen LogP contribution in [0.2, 0.25) is 49.9 Å². The number of unbranched alkanes of at least 4 members (excludes halogenated alkanes) is 7. The molecule has 0 heterocycles. The van der Waals surface area contributed by atoms with Gasteiger partial charge >= 0.3 is 0 Å². The predicted molar refractivity (Wildman–Crippen MR) is 318 cm³/mol. The Balaban J connectivity index is 0.0000183. The molecule has 1 amide bonds. The summed E-state index contributed by atoms with van der Waals surface area (Å²) in [6, 6.07) is 26.0. The molecule has 0 aromatic heterocycles. The third-order valence-corrected chi connectivity index (χ3v) is 35.0. The summed E-state index contributed by atoms with van der Waals surface area (Å²) >= 11 is 0. The standard InChI is InChI=1S/C63H108NO5Si3.Y/c1-46(2)70(47(3)4,48(5)6)67-43-63(44-68-71(49(7)8,50(9)10)51(11)12,45-69-72(52(13)14,53(15)16)54(17)18)64-61(65)37-27-25-23-21-22-24-26-32-42-66-58-40-38-57(39-41-58)62(59-35-30-28-33-55(59)19)60-36-31-29-34-56(60)20;/h28-31,33-36,38-41,46-54H,21-27,32,37,42-45H2,1-20H3,(H,64,65);/q-1;. The average Bonchev–Trinajstić information content (AvgIpc) is 3.29. The number of hydrogen-bond donors (Lipinski definition) is 1. The molecule has 0 spiro atoms. The molecule has 3 aromatic carbocycles. The van der Waals surface area contributed by atoms with Crippen LogP contribution in [0, 0.1) is 19.8 Å². The zero-order chi connectivity index (χ0) is 54.0. The fourth-order valence-electron chi connectivity index (χ4n) is 13.4. The maximum atomic E-state index is 14.5. The molecule has 411 valence electrons. The second kappa shape index (κ2) is 31.7. The Morgan fingerprint density at radius 2 is 0.781 bits per heavy atom. The zero-order valence-electron chi connectivity index (χ0n) is 50.4. The van der Waals surface area contributed by atoms with Crippen LogP contribution in [0.25, 0.3) is 0 Å². The van der Waals surface area contributed by atoms with E-state index in [0.717, 1.165) is 44.5 Å². The summed E-state index contributed by atoms with van der Waals surface area (Å²) < 4.78 is 28.8. The van der Waals surface area contributed by atoms with Gasteiger partial charge in [0.15, 0.2) is 25.0 Å². The van der Waals surface area contributed by atoms with Gasteiger partial charge in [-0.25, -0.2) is 0 Å². The van der Waals surface area contributed by atoms with Gasteiger partial charge in [0.2, 0.25) is 5.91 Å². The van der Waals surface area contributed by atoms with Crippen molar-refractivity contribution in [3.05, 3.63) is 107 Å². The molecule has 6 nitrogen and oxygen atoms in total. The first-order valence-electron chi connectivity index (χ1n) is 28.8. The summed E-state index contributed by atoms with van der Waals surface area (Å²) in [5.74, 6) is 2.28. The maximum Gasteiger partial charge on any atom is 0.220 e. The van der Waals surface area contributed by atoms with Gasteiger partial charge in [0, 0.05) is 39.1 Å². The Morgan fingerprint density at radius 1 is 0.466 bits per heavy atom. The van der Waals surface area contributed by atoms with E-state index < -0.39 is 30.5 Å². The Hall–Kier alpha value is -1.57. The molecule has 0 unspecified atom stereocenters. The first-order chi connectivity index (χ1) is 33.9. The first-order valence-corrected chi connectivity index (χ1v) is 35.2. The molecule has 0 saturated carbocycles. The number of aryl methyl sites for hydroxylation is 2. The third kappa shape index (κ3) is 17.7. The van der Waals surface area contributed by atoms with Crippen LogP contribution < -0.4 is 10.1 Å². The normalized spacial score (nSPS) is 12.9. The number of amides is 1. The van der Waals surface area contributed by atoms with Gasteiger partial charge in [0.05, 0.1) is 26.4 Å². The number of ether oxygens (including phenoxy) is 1. The minimum absolute atomic E-state index is 0. The van der Waals surface area contributed by atoms with Crippen LogP contribution >= 0.6 is 0 Å². The summed E-state index contributed by atoms with van der Waals surface area (Å²) in [7, 11) is -6.95. The van der Waals surface area contributed by atoms with Crippen molar-refractivity contribution in [3.63, 3.8) is 0 Å². The zero-order valence-corrected chi connectivity index (χ0v) is 56.3. The topological polar surface area (TPSA) is 66.0 Å². The molecule has 0 fully saturated rings. The molecule has 1 radical (unpaired) electrons. The van der Waals surface area contributed by atoms with E-state index in [2.05, 4.69) is 217 Å². The summed E-state index contributed by atoms with van der Waals surface area (Å²) in [5.41, 5.74) is 9.24. The maximum absolute atomic E-state index is 14.5. The van der Waals surface area contributed by atoms with Gasteiger partial charge in [-0.15, -0.1) is 0 Å². The third-order valence-electron chi connectivity index (χ3n) is 16.9. The second-order valence-electron chi connectivity index (χ2n) is 24.6. The summed E-state index contributed by atoms with van der Waals surface area (Å²) in [6.07, 6.45) is 9.37. The molecule has 0 atom stereocenters. The van der Waals surface area contributed by atoms with Crippen molar-refractivity contribution in [1.29, 1.82) is 0 Å². The van der Waals surface area contributed by atoms with E-state index in [0.29, 0.717) is 76.1 Å². The predicted octanol–water partition coefficient (Wildman–Crippen LogP) is 18.6. The van der Waals surface area contributed by atoms with Crippen molar-refractivity contribution < 1.29 is 55.5 Å². The van der Waals surface area contributed by atoms with Crippen molar-refractivity contribution >= 4 is 30.9 Å². The monoisotopic (exact) mass is 1130 g/mol. The van der Waals surface area contributed by atoms with Gasteiger partial charge in [-0.05, 0) is 74.8 Å². The largest absolute Gasteiger partial charge is 0.495 e. The summed E-state index contributed by atoms with van der Waals surface area (Å²) in [6.45, 7) is 48.7. The van der Waals surface area contributed by atoms with Crippen LogP contribution in [-0.2, 0) is 50.8 Å². The minimum atomic E-state index is -2.32. The van der Waals surface area contributed by atoms with Crippen molar-refractivity contribution in [2.24, 2.45) is 0 Å². The van der Waals surface area contributed by atoms with Gasteiger partial charge in [-0.1, -0.05) is 271 Å². The van der Waals surface area contributed by atoms with Gasteiger partial charge in [-0.2, -0.15) is 0 Å². The smallest absolute Gasteiger partial charge is 0.220 e. The number of carbonyl (C=O) groups excluding carboxylic acids is 1. The molecular formula is C63H108NO5Si3Y-. The number of carbonyl (C=O) groups is 1. The number of nitrogens with one attached hydrogen (secondary N) is 1. The van der Waals surface area contributed by atoms with E-state index in [1.807, 2.05) is 0 Å². The van der Waals surface area contributed by atoms with E-state index in [1.165, 1.54) is 53.0 Å². The van der Waals surface area contributed by atoms with Gasteiger partial charge in [-0.3, -0.25) is 4.79 Å². The van der Waals surface area contributed by atoms with Crippen LogP contribution in [0.5, 0.6) is 5.75 Å². The van der Waals surface area contributed by atoms with Crippen molar-refractivity contribution in [1.82, 2.24) is 5.32 Å². The van der Waals surface area contributed by atoms with Crippen LogP contribution in [-0.4, -0.2) is 62.8 Å². The van der Waals surface area contributed by atoms with Crippen molar-refractivity contribution in [3.8, 4) is 5.75 Å². The molecule has 0 aliphatic carbocycles. The first kappa shape index (κ1) is 67.5. The number of benzene rings is 3. The van der Waals surface area contributed by atoms with E-state index in [9.17, 15) is 4.79 Å². The van der Waals surface area contributed by atoms with Gasteiger partial charge in [0.1, 0.15) is 11.3 Å². The fraction of sp³-hybridized carbons (Fsp3) is 0.683. The van der Waals surface area contributed by atoms with Gasteiger partial charge < -0.3 is 23.3 Å². The van der Waals surface area contributed by atoms with E-state index in [-0.39, 0.29) is 38.6 Å². The second-order valence-corrected chi connectivity index (χ2v) is 41.0. The molecule has 0 aliphatic heterocycles. The van der Waals surface area contributed by atoms with Crippen molar-refractivity contribution in [2.75, 3.05) is 26.4 Å². The molecular weight excluding hydrogens is 1020 g/mol. The molecule has 3 rings (SSSR count). The van der Waals surface area contributed by atoms with Crippen LogP contribution in [0.1, 0.15) is 210 Å². The molecule has 73 heavy (non-hydrogen) atoms. The Morgan fingerprint density at radius 3 is 1.11 bits per heavy atom. The Labute approximate surface area is 478 Å². The molecule has 10 heteroatoms. The molecule has 0 bridgehead atoms. The quantitative estimate of drug-likeness (QED) is 0.0279. The van der Waals surface area contributed by atoms with E-state index in [1.54, 1.807) is 0 Å². The Bertz CT molecular complexity index is 1820. The van der Waals surface area contributed by atoms with E-state index >= 15 is 0 Å². The van der Waals surface area contributed by atoms with Crippen LogP contribution in [0.15, 0.2) is 72.8 Å². The minimum Gasteiger partial charge on any atom is -0.495 e. The summed E-state index contributed by atoms with van der Waals surface area (Å²) in [4.78, 5) is 14.5. The Kier molecular flexibility index (Phi) is 29.4. The van der Waals surface area contributed by atoms with Gasteiger partial charge in [0.25, 0.3) is 0 Å². The van der Waals surface area contributed by atoms with E-state index in [4.69, 9.17) is 18.0 Å². The summed E-state index contributed by atoms with van der Waals surface area (Å²) in [5, 5.41) is 3.71. The molecule has 1 N–H and O–H groups in total. The van der Waals surface area contributed by atoms with Crippen LogP contribution in [0.4, 0.5) is 0 Å². The SMILES string of the molecule is Cc1ccccc1[C-](c1ccc(OCCCCCCCCCCC(=O)NC(CO[Si](C(C)C)(C(C)C)C(C)C)(CO[Si](C(C)C)(C(C)C)C(C)C)CO[Si](C(C)C)(C(C)C)C(C)C)cc1)c1ccccc1C.[Y]. The number of rotatable bonds is 34. The van der Waals surface area contributed by atoms with Crippen molar-refractivity contribution in [2.45, 2.75) is 252 Å². The van der Waals surface area contributed by atoms with Crippen LogP contribution in [0.3, 0.4) is 0 Å². The average molecular weight is 1130 g/mol. The fourth-order valence-corrected chi connectivity index (χ4v) is 30.0. The molecule has 0 saturated heterocycles.